The number of benzene rings is 1. The van der Waals surface area contributed by atoms with Crippen molar-refractivity contribution in [2.45, 2.75) is 46.3 Å². The number of fused-ring (bicyclic) bond motifs is 1. The third-order valence-electron chi connectivity index (χ3n) is 4.38. The number of aryl methyl sites for hydroxylation is 2. The predicted octanol–water partition coefficient (Wildman–Crippen LogP) is 3.77. The predicted molar refractivity (Wildman–Crippen MR) is 84.1 cm³/mol. The van der Waals surface area contributed by atoms with Crippen molar-refractivity contribution >= 4 is 16.9 Å². The Hall–Kier alpha value is -1.81. The van der Waals surface area contributed by atoms with Crippen molar-refractivity contribution in [3.05, 3.63) is 35.0 Å². The second-order valence-electron chi connectivity index (χ2n) is 6.11. The van der Waals surface area contributed by atoms with Gasteiger partial charge in [-0.25, -0.2) is 4.79 Å². The molecule has 0 saturated carbocycles. The standard InChI is InChI=1S/C17H23NO3/c1-11-12(2)18(9-8-17(3,4)21-5)15-7-6-13(16(19)20)10-14(11)15/h6-7,10H,8-9H2,1-5H3,(H,19,20). The Balaban J connectivity index is 2.45. The molecule has 1 N–H and O–H groups in total. The van der Waals surface area contributed by atoms with Crippen LogP contribution in [0.25, 0.3) is 10.9 Å². The number of carboxylic acid groups (broad SMARTS) is 1. The van der Waals surface area contributed by atoms with Gasteiger partial charge in [0.25, 0.3) is 0 Å². The van der Waals surface area contributed by atoms with Gasteiger partial charge >= 0.3 is 5.97 Å². The molecule has 0 spiro atoms. The Labute approximate surface area is 125 Å². The van der Waals surface area contributed by atoms with Crippen LogP contribution < -0.4 is 0 Å². The molecule has 21 heavy (non-hydrogen) atoms. The number of carboxylic acids is 1. The van der Waals surface area contributed by atoms with Gasteiger partial charge in [-0.1, -0.05) is 0 Å². The van der Waals surface area contributed by atoms with Crippen molar-refractivity contribution in [3.8, 4) is 0 Å². The highest BCUT2D eigenvalue weighted by molar-refractivity contribution is 5.95. The summed E-state index contributed by atoms with van der Waals surface area (Å²) in [7, 11) is 1.73. The molecule has 1 heterocycles. The minimum atomic E-state index is -0.887. The van der Waals surface area contributed by atoms with Gasteiger partial charge in [0.2, 0.25) is 0 Å². The Kier molecular flexibility index (Phi) is 4.10. The molecule has 2 rings (SSSR count). The van der Waals surface area contributed by atoms with Crippen molar-refractivity contribution < 1.29 is 14.6 Å². The van der Waals surface area contributed by atoms with Gasteiger partial charge in [-0.15, -0.1) is 0 Å². The van der Waals surface area contributed by atoms with Gasteiger partial charge in [0, 0.05) is 30.3 Å². The van der Waals surface area contributed by atoms with Crippen LogP contribution in [0.4, 0.5) is 0 Å². The smallest absolute Gasteiger partial charge is 0.335 e. The molecule has 0 saturated heterocycles. The highest BCUT2D eigenvalue weighted by atomic mass is 16.5. The van der Waals surface area contributed by atoms with Crippen LogP contribution in [0.2, 0.25) is 0 Å². The molecule has 0 atom stereocenters. The van der Waals surface area contributed by atoms with Crippen LogP contribution >= 0.6 is 0 Å². The van der Waals surface area contributed by atoms with Crippen LogP contribution in [0.1, 0.15) is 41.9 Å². The summed E-state index contributed by atoms with van der Waals surface area (Å²) in [6.45, 7) is 9.12. The molecule has 0 radical (unpaired) electrons. The largest absolute Gasteiger partial charge is 0.478 e. The second-order valence-corrected chi connectivity index (χ2v) is 6.11. The summed E-state index contributed by atoms with van der Waals surface area (Å²) in [5, 5.41) is 10.1. The first-order valence-corrected chi connectivity index (χ1v) is 7.15. The van der Waals surface area contributed by atoms with E-state index in [9.17, 15) is 4.79 Å². The van der Waals surface area contributed by atoms with Crippen LogP contribution in [-0.2, 0) is 11.3 Å². The fraction of sp³-hybridized carbons (Fsp3) is 0.471. The maximum Gasteiger partial charge on any atom is 0.335 e. The summed E-state index contributed by atoms with van der Waals surface area (Å²) >= 11 is 0. The minimum Gasteiger partial charge on any atom is -0.478 e. The molecule has 0 aliphatic heterocycles. The summed E-state index contributed by atoms with van der Waals surface area (Å²) < 4.78 is 7.72. The SMILES string of the molecule is COC(C)(C)CCn1c(C)c(C)c2cc(C(=O)O)ccc21. The van der Waals surface area contributed by atoms with Crippen LogP contribution in [-0.4, -0.2) is 28.4 Å². The number of ether oxygens (including phenoxy) is 1. The Morgan fingerprint density at radius 3 is 2.57 bits per heavy atom. The highest BCUT2D eigenvalue weighted by Crippen LogP contribution is 2.27. The maximum absolute atomic E-state index is 11.1. The molecule has 0 unspecified atom stereocenters. The first-order valence-electron chi connectivity index (χ1n) is 7.15. The van der Waals surface area contributed by atoms with Crippen LogP contribution in [0.3, 0.4) is 0 Å². The fourth-order valence-corrected chi connectivity index (χ4v) is 2.55. The van der Waals surface area contributed by atoms with E-state index in [1.807, 2.05) is 13.0 Å². The number of rotatable bonds is 5. The van der Waals surface area contributed by atoms with Gasteiger partial charge in [0.15, 0.2) is 0 Å². The van der Waals surface area contributed by atoms with E-state index < -0.39 is 5.97 Å². The van der Waals surface area contributed by atoms with E-state index in [0.29, 0.717) is 5.56 Å². The third-order valence-corrected chi connectivity index (χ3v) is 4.38. The summed E-state index contributed by atoms with van der Waals surface area (Å²) in [6.07, 6.45) is 0.897. The van der Waals surface area contributed by atoms with Crippen molar-refractivity contribution in [2.75, 3.05) is 7.11 Å². The molecular formula is C17H23NO3. The molecule has 0 fully saturated rings. The average Bonchev–Trinajstić information content (AvgIpc) is 2.68. The summed E-state index contributed by atoms with van der Waals surface area (Å²) in [4.78, 5) is 11.1. The van der Waals surface area contributed by atoms with Gasteiger partial charge in [-0.3, -0.25) is 0 Å². The van der Waals surface area contributed by atoms with Crippen molar-refractivity contribution in [3.63, 3.8) is 0 Å². The average molecular weight is 289 g/mol. The van der Waals surface area contributed by atoms with E-state index in [-0.39, 0.29) is 5.60 Å². The number of aromatic nitrogens is 1. The number of nitrogens with zero attached hydrogens (tertiary/aromatic N) is 1. The lowest BCUT2D eigenvalue weighted by Crippen LogP contribution is -2.24. The minimum absolute atomic E-state index is 0.169. The van der Waals surface area contributed by atoms with E-state index in [2.05, 4.69) is 25.3 Å². The number of hydrogen-bond donors (Lipinski definition) is 1. The number of hydrogen-bond acceptors (Lipinski definition) is 2. The second kappa shape index (κ2) is 5.53. The van der Waals surface area contributed by atoms with E-state index >= 15 is 0 Å². The van der Waals surface area contributed by atoms with Gasteiger partial charge in [0.05, 0.1) is 11.2 Å². The van der Waals surface area contributed by atoms with E-state index in [0.717, 1.165) is 29.4 Å². The van der Waals surface area contributed by atoms with E-state index in [1.54, 1.807) is 19.2 Å². The fourth-order valence-electron chi connectivity index (χ4n) is 2.55. The Morgan fingerprint density at radius 1 is 1.33 bits per heavy atom. The van der Waals surface area contributed by atoms with E-state index in [4.69, 9.17) is 9.84 Å². The zero-order chi connectivity index (χ0) is 15.8. The molecule has 2 aromatic rings. The lowest BCUT2D eigenvalue weighted by molar-refractivity contribution is 0.0122. The summed E-state index contributed by atoms with van der Waals surface area (Å²) in [5.74, 6) is -0.887. The molecule has 1 aromatic heterocycles. The van der Waals surface area contributed by atoms with Gasteiger partial charge < -0.3 is 14.4 Å². The zero-order valence-corrected chi connectivity index (χ0v) is 13.4. The third kappa shape index (κ3) is 2.95. The molecule has 0 aliphatic rings. The molecule has 114 valence electrons. The molecule has 0 aliphatic carbocycles. The lowest BCUT2D eigenvalue weighted by atomic mass is 10.1. The number of carbonyl (C=O) groups is 1. The normalized spacial score (nSPS) is 12.0. The summed E-state index contributed by atoms with van der Waals surface area (Å²) in [5.41, 5.74) is 3.57. The number of methoxy groups -OCH3 is 1. The van der Waals surface area contributed by atoms with Crippen LogP contribution in [0.15, 0.2) is 18.2 Å². The topological polar surface area (TPSA) is 51.5 Å². The molecule has 1 aromatic carbocycles. The lowest BCUT2D eigenvalue weighted by Gasteiger charge is -2.23. The van der Waals surface area contributed by atoms with Crippen LogP contribution in [0, 0.1) is 13.8 Å². The highest BCUT2D eigenvalue weighted by Gasteiger charge is 2.19. The Morgan fingerprint density at radius 2 is 2.00 bits per heavy atom. The summed E-state index contributed by atoms with van der Waals surface area (Å²) in [6, 6.07) is 5.33. The van der Waals surface area contributed by atoms with Crippen molar-refractivity contribution in [1.82, 2.24) is 4.57 Å². The first-order chi connectivity index (χ1) is 9.76. The van der Waals surface area contributed by atoms with Crippen LogP contribution in [0.5, 0.6) is 0 Å². The molecule has 4 nitrogen and oxygen atoms in total. The van der Waals surface area contributed by atoms with Crippen molar-refractivity contribution in [1.29, 1.82) is 0 Å². The maximum atomic E-state index is 11.1. The number of aromatic carboxylic acids is 1. The van der Waals surface area contributed by atoms with E-state index in [1.165, 1.54) is 5.69 Å². The molecule has 0 amide bonds. The molecule has 4 heteroatoms. The monoisotopic (exact) mass is 289 g/mol. The Bertz CT molecular complexity index is 683. The van der Waals surface area contributed by atoms with Gasteiger partial charge in [-0.2, -0.15) is 0 Å². The zero-order valence-electron chi connectivity index (χ0n) is 13.4. The van der Waals surface area contributed by atoms with Gasteiger partial charge in [-0.05, 0) is 57.9 Å². The molecule has 0 bridgehead atoms. The first kappa shape index (κ1) is 15.6. The van der Waals surface area contributed by atoms with Gasteiger partial charge in [0.1, 0.15) is 0 Å². The molecular weight excluding hydrogens is 266 g/mol. The van der Waals surface area contributed by atoms with Crippen molar-refractivity contribution in [2.24, 2.45) is 0 Å². The quantitative estimate of drug-likeness (QED) is 0.911.